The van der Waals surface area contributed by atoms with Crippen molar-refractivity contribution in [2.24, 2.45) is 23.5 Å². The number of anilines is 2. The summed E-state index contributed by atoms with van der Waals surface area (Å²) in [6.45, 7) is 1.29. The minimum atomic E-state index is -0.254. The highest BCUT2D eigenvalue weighted by Gasteiger charge is 2.49. The van der Waals surface area contributed by atoms with E-state index in [2.05, 4.69) is 16.0 Å². The number of amides is 3. The molecule has 2 bridgehead atoms. The quantitative estimate of drug-likeness (QED) is 0.636. The first kappa shape index (κ1) is 18.3. The molecule has 2 aliphatic carbocycles. The lowest BCUT2D eigenvalue weighted by Gasteiger charge is -2.27. The summed E-state index contributed by atoms with van der Waals surface area (Å²) in [4.78, 5) is 24.6. The Labute approximate surface area is 159 Å². The van der Waals surface area contributed by atoms with Crippen LogP contribution in [0.4, 0.5) is 16.2 Å². The minimum Gasteiger partial charge on any atom is -0.376 e. The molecule has 5 atom stereocenters. The highest BCUT2D eigenvalue weighted by molar-refractivity contribution is 5.94. The summed E-state index contributed by atoms with van der Waals surface area (Å²) in [7, 11) is 0. The third kappa shape index (κ3) is 4.09. The van der Waals surface area contributed by atoms with Crippen LogP contribution < -0.4 is 21.7 Å². The largest absolute Gasteiger partial charge is 0.376 e. The van der Waals surface area contributed by atoms with E-state index in [1.54, 1.807) is 24.3 Å². The zero-order valence-electron chi connectivity index (χ0n) is 15.4. The third-order valence-electron chi connectivity index (χ3n) is 6.21. The van der Waals surface area contributed by atoms with Gasteiger partial charge in [0.05, 0.1) is 12.0 Å². The maximum absolute atomic E-state index is 12.6. The van der Waals surface area contributed by atoms with Gasteiger partial charge in [-0.1, -0.05) is 0 Å². The van der Waals surface area contributed by atoms with Gasteiger partial charge in [0.25, 0.3) is 0 Å². The fourth-order valence-electron chi connectivity index (χ4n) is 4.77. The molecule has 1 aliphatic heterocycles. The Hall–Kier alpha value is -2.12. The van der Waals surface area contributed by atoms with E-state index < -0.39 is 0 Å². The number of rotatable bonds is 5. The lowest BCUT2D eigenvalue weighted by molar-refractivity contribution is -0.121. The molecule has 1 heterocycles. The van der Waals surface area contributed by atoms with Crippen LogP contribution in [0.25, 0.3) is 0 Å². The Kier molecular flexibility index (Phi) is 5.31. The molecule has 4 rings (SSSR count). The Morgan fingerprint density at radius 2 is 1.74 bits per heavy atom. The zero-order chi connectivity index (χ0) is 18.8. The van der Waals surface area contributed by atoms with E-state index in [-0.39, 0.29) is 30.0 Å². The van der Waals surface area contributed by atoms with Crippen LogP contribution in [0.15, 0.2) is 24.3 Å². The van der Waals surface area contributed by atoms with Crippen molar-refractivity contribution < 1.29 is 14.3 Å². The van der Waals surface area contributed by atoms with Crippen molar-refractivity contribution in [3.05, 3.63) is 24.3 Å². The van der Waals surface area contributed by atoms with E-state index in [0.29, 0.717) is 24.1 Å². The van der Waals surface area contributed by atoms with E-state index in [4.69, 9.17) is 10.5 Å². The Morgan fingerprint density at radius 1 is 1.04 bits per heavy atom. The molecule has 3 fully saturated rings. The Balaban J connectivity index is 1.26. The molecule has 5 N–H and O–H groups in total. The van der Waals surface area contributed by atoms with E-state index in [0.717, 1.165) is 44.4 Å². The second-order valence-electron chi connectivity index (χ2n) is 7.97. The number of carbonyl (C=O) groups is 2. The second-order valence-corrected chi connectivity index (χ2v) is 7.97. The fourth-order valence-corrected chi connectivity index (χ4v) is 4.77. The molecular formula is C20H28N4O3. The van der Waals surface area contributed by atoms with Crippen LogP contribution >= 0.6 is 0 Å². The Bertz CT molecular complexity index is 685. The number of benzene rings is 1. The van der Waals surface area contributed by atoms with Crippen LogP contribution in [0.1, 0.15) is 32.1 Å². The van der Waals surface area contributed by atoms with Crippen molar-refractivity contribution in [2.45, 2.75) is 44.2 Å². The summed E-state index contributed by atoms with van der Waals surface area (Å²) in [5.74, 6) is 0.874. The first-order chi connectivity index (χ1) is 13.1. The monoisotopic (exact) mass is 372 g/mol. The summed E-state index contributed by atoms with van der Waals surface area (Å²) in [6.07, 6.45) is 5.51. The van der Waals surface area contributed by atoms with E-state index in [9.17, 15) is 9.59 Å². The SMILES string of the molecule is NC1C2CCC(C2)C1C(=O)Nc1ccc(NC(=O)NCC2CCCO2)cc1. The van der Waals surface area contributed by atoms with E-state index in [1.165, 1.54) is 0 Å². The predicted molar refractivity (Wildman–Crippen MR) is 103 cm³/mol. The van der Waals surface area contributed by atoms with Gasteiger partial charge in [0.1, 0.15) is 0 Å². The molecular weight excluding hydrogens is 344 g/mol. The van der Waals surface area contributed by atoms with Gasteiger partial charge in [-0.3, -0.25) is 4.79 Å². The highest BCUT2D eigenvalue weighted by Crippen LogP contribution is 2.47. The number of ether oxygens (including phenoxy) is 1. The fraction of sp³-hybridized carbons (Fsp3) is 0.600. The van der Waals surface area contributed by atoms with Crippen molar-refractivity contribution in [2.75, 3.05) is 23.8 Å². The van der Waals surface area contributed by atoms with Gasteiger partial charge < -0.3 is 26.4 Å². The molecule has 0 aromatic heterocycles. The minimum absolute atomic E-state index is 0.0165. The molecule has 7 heteroatoms. The van der Waals surface area contributed by atoms with E-state index >= 15 is 0 Å². The molecule has 0 radical (unpaired) electrons. The summed E-state index contributed by atoms with van der Waals surface area (Å²) in [6, 6.07) is 6.88. The summed E-state index contributed by atoms with van der Waals surface area (Å²) >= 11 is 0. The van der Waals surface area contributed by atoms with Gasteiger partial charge in [0.2, 0.25) is 5.91 Å². The number of hydrogen-bond acceptors (Lipinski definition) is 4. The van der Waals surface area contributed by atoms with Gasteiger partial charge >= 0.3 is 6.03 Å². The van der Waals surface area contributed by atoms with Gasteiger partial charge in [-0.05, 0) is 68.2 Å². The van der Waals surface area contributed by atoms with Crippen molar-refractivity contribution in [3.8, 4) is 0 Å². The first-order valence-electron chi connectivity index (χ1n) is 9.93. The van der Waals surface area contributed by atoms with Crippen LogP contribution in [0, 0.1) is 17.8 Å². The van der Waals surface area contributed by atoms with Crippen LogP contribution in [0.2, 0.25) is 0 Å². The van der Waals surface area contributed by atoms with E-state index in [1.807, 2.05) is 0 Å². The molecule has 27 heavy (non-hydrogen) atoms. The molecule has 1 saturated heterocycles. The van der Waals surface area contributed by atoms with Gasteiger partial charge in [-0.2, -0.15) is 0 Å². The highest BCUT2D eigenvalue weighted by atomic mass is 16.5. The molecule has 1 aromatic rings. The smallest absolute Gasteiger partial charge is 0.319 e. The van der Waals surface area contributed by atoms with Gasteiger partial charge in [-0.15, -0.1) is 0 Å². The van der Waals surface area contributed by atoms with Crippen LogP contribution in [0.5, 0.6) is 0 Å². The molecule has 1 aromatic carbocycles. The lowest BCUT2D eigenvalue weighted by Crippen LogP contribution is -2.42. The average Bonchev–Trinajstić information content (AvgIpc) is 3.39. The Morgan fingerprint density at radius 3 is 2.37 bits per heavy atom. The van der Waals surface area contributed by atoms with Crippen LogP contribution in [-0.2, 0) is 9.53 Å². The van der Waals surface area contributed by atoms with Crippen molar-refractivity contribution >= 4 is 23.3 Å². The lowest BCUT2D eigenvalue weighted by atomic mass is 9.84. The van der Waals surface area contributed by atoms with Crippen molar-refractivity contribution in [1.82, 2.24) is 5.32 Å². The number of nitrogens with one attached hydrogen (secondary N) is 3. The molecule has 146 valence electrons. The van der Waals surface area contributed by atoms with Gasteiger partial charge in [0, 0.05) is 30.6 Å². The molecule has 2 saturated carbocycles. The molecule has 3 aliphatic rings. The summed E-state index contributed by atoms with van der Waals surface area (Å²) in [5, 5.41) is 8.59. The number of urea groups is 1. The summed E-state index contributed by atoms with van der Waals surface area (Å²) in [5.41, 5.74) is 7.65. The first-order valence-corrected chi connectivity index (χ1v) is 9.93. The van der Waals surface area contributed by atoms with Crippen LogP contribution in [0.3, 0.4) is 0 Å². The van der Waals surface area contributed by atoms with Gasteiger partial charge in [0.15, 0.2) is 0 Å². The standard InChI is InChI=1S/C20H28N4O3/c21-18-13-4-3-12(10-13)17(18)19(25)23-14-5-7-15(8-6-14)24-20(26)22-11-16-2-1-9-27-16/h5-8,12-13,16-18H,1-4,9-11,21H2,(H,23,25)(H2,22,24,26). The number of fused-ring (bicyclic) bond motifs is 2. The van der Waals surface area contributed by atoms with Crippen molar-refractivity contribution in [3.63, 3.8) is 0 Å². The molecule has 7 nitrogen and oxygen atoms in total. The maximum atomic E-state index is 12.6. The zero-order valence-corrected chi connectivity index (χ0v) is 15.4. The maximum Gasteiger partial charge on any atom is 0.319 e. The van der Waals surface area contributed by atoms with Gasteiger partial charge in [-0.25, -0.2) is 4.79 Å². The topological polar surface area (TPSA) is 105 Å². The second kappa shape index (κ2) is 7.86. The molecule has 3 amide bonds. The summed E-state index contributed by atoms with van der Waals surface area (Å²) < 4.78 is 5.48. The average molecular weight is 372 g/mol. The molecule has 5 unspecified atom stereocenters. The van der Waals surface area contributed by atoms with Crippen molar-refractivity contribution in [1.29, 1.82) is 0 Å². The number of carbonyl (C=O) groups excluding carboxylic acids is 2. The molecule has 0 spiro atoms. The predicted octanol–water partition coefficient (Wildman–Crippen LogP) is 2.30. The third-order valence-corrected chi connectivity index (χ3v) is 6.21. The van der Waals surface area contributed by atoms with Crippen LogP contribution in [-0.4, -0.2) is 37.2 Å². The normalized spacial score (nSPS) is 31.7. The number of nitrogens with two attached hydrogens (primary N) is 1. The number of hydrogen-bond donors (Lipinski definition) is 4.